The van der Waals surface area contributed by atoms with Crippen LogP contribution in [-0.4, -0.2) is 5.97 Å². The van der Waals surface area contributed by atoms with Crippen LogP contribution in [0.2, 0.25) is 0 Å². The van der Waals surface area contributed by atoms with Crippen LogP contribution in [0.4, 0.5) is 0 Å². The van der Waals surface area contributed by atoms with Crippen molar-refractivity contribution >= 4 is 11.5 Å². The third-order valence-electron chi connectivity index (χ3n) is 4.51. The molecule has 1 unspecified atom stereocenters. The molecule has 0 aromatic heterocycles. The van der Waals surface area contributed by atoms with Crippen LogP contribution in [0.25, 0.3) is 5.57 Å². The SMILES string of the molecule is O=C1OC(c2ccccc2)C(C2=CCCC2)=C1c1ccccc1. The summed E-state index contributed by atoms with van der Waals surface area (Å²) in [4.78, 5) is 12.6. The van der Waals surface area contributed by atoms with Gasteiger partial charge in [0.15, 0.2) is 6.10 Å². The number of hydrogen-bond donors (Lipinski definition) is 0. The molecule has 0 N–H and O–H groups in total. The third-order valence-corrected chi connectivity index (χ3v) is 4.51. The summed E-state index contributed by atoms with van der Waals surface area (Å²) in [6.45, 7) is 0. The average Bonchev–Trinajstić information content (AvgIpc) is 3.24. The van der Waals surface area contributed by atoms with Gasteiger partial charge in [-0.25, -0.2) is 4.79 Å². The monoisotopic (exact) mass is 302 g/mol. The highest BCUT2D eigenvalue weighted by Gasteiger charge is 2.37. The number of esters is 1. The summed E-state index contributed by atoms with van der Waals surface area (Å²) in [7, 11) is 0. The molecule has 2 heteroatoms. The minimum Gasteiger partial charge on any atom is -0.449 e. The fraction of sp³-hybridized carbons (Fsp3) is 0.190. The Labute approximate surface area is 136 Å². The minimum atomic E-state index is -0.289. The predicted molar refractivity (Wildman–Crippen MR) is 90.6 cm³/mol. The molecule has 0 spiro atoms. The molecule has 2 nitrogen and oxygen atoms in total. The lowest BCUT2D eigenvalue weighted by Gasteiger charge is -2.16. The Hall–Kier alpha value is -2.61. The van der Waals surface area contributed by atoms with Crippen LogP contribution in [0.3, 0.4) is 0 Å². The number of rotatable bonds is 3. The standard InChI is InChI=1S/C21H18O2/c22-21-19(16-9-3-1-4-10-16)18(15-11-7-8-12-15)20(23-21)17-13-5-2-6-14-17/h1-6,9-11,13-14,20H,7-8,12H2. The molecular weight excluding hydrogens is 284 g/mol. The third kappa shape index (κ3) is 2.50. The van der Waals surface area contributed by atoms with Crippen molar-refractivity contribution in [2.24, 2.45) is 0 Å². The molecule has 0 saturated heterocycles. The second-order valence-corrected chi connectivity index (χ2v) is 5.97. The molecule has 0 saturated carbocycles. The molecule has 1 aliphatic heterocycles. The predicted octanol–water partition coefficient (Wildman–Crippen LogP) is 4.85. The van der Waals surface area contributed by atoms with E-state index in [4.69, 9.17) is 4.74 Å². The van der Waals surface area contributed by atoms with Gasteiger partial charge in [-0.2, -0.15) is 0 Å². The average molecular weight is 302 g/mol. The van der Waals surface area contributed by atoms with Crippen molar-refractivity contribution in [2.75, 3.05) is 0 Å². The maximum atomic E-state index is 12.6. The van der Waals surface area contributed by atoms with E-state index in [9.17, 15) is 4.79 Å². The summed E-state index contributed by atoms with van der Waals surface area (Å²) in [5.74, 6) is -0.215. The van der Waals surface area contributed by atoms with Crippen molar-refractivity contribution < 1.29 is 9.53 Å². The van der Waals surface area contributed by atoms with Gasteiger partial charge in [-0.05, 0) is 36.0 Å². The highest BCUT2D eigenvalue weighted by molar-refractivity contribution is 6.20. The van der Waals surface area contributed by atoms with E-state index in [-0.39, 0.29) is 12.1 Å². The van der Waals surface area contributed by atoms with E-state index in [1.807, 2.05) is 60.7 Å². The van der Waals surface area contributed by atoms with Crippen LogP contribution in [0, 0.1) is 0 Å². The lowest BCUT2D eigenvalue weighted by Crippen LogP contribution is -2.04. The Morgan fingerprint density at radius 1 is 0.913 bits per heavy atom. The molecule has 4 rings (SSSR count). The molecule has 1 atom stereocenters. The fourth-order valence-electron chi connectivity index (χ4n) is 3.45. The highest BCUT2D eigenvalue weighted by Crippen LogP contribution is 2.45. The number of allylic oxidation sites excluding steroid dienone is 1. The molecule has 0 bridgehead atoms. The van der Waals surface area contributed by atoms with Crippen LogP contribution in [-0.2, 0) is 9.53 Å². The number of benzene rings is 2. The normalized spacial score (nSPS) is 20.6. The fourth-order valence-corrected chi connectivity index (χ4v) is 3.45. The summed E-state index contributed by atoms with van der Waals surface area (Å²) in [5, 5.41) is 0. The van der Waals surface area contributed by atoms with Crippen molar-refractivity contribution in [3.05, 3.63) is 89.0 Å². The van der Waals surface area contributed by atoms with Crippen molar-refractivity contribution in [1.82, 2.24) is 0 Å². The Balaban J connectivity index is 1.89. The number of cyclic esters (lactones) is 1. The number of hydrogen-bond acceptors (Lipinski definition) is 2. The highest BCUT2D eigenvalue weighted by atomic mass is 16.5. The van der Waals surface area contributed by atoms with Crippen LogP contribution >= 0.6 is 0 Å². The molecule has 0 radical (unpaired) electrons. The van der Waals surface area contributed by atoms with E-state index >= 15 is 0 Å². The molecule has 2 aromatic carbocycles. The van der Waals surface area contributed by atoms with Crippen LogP contribution < -0.4 is 0 Å². The van der Waals surface area contributed by atoms with Gasteiger partial charge in [0.1, 0.15) is 0 Å². The molecule has 0 fully saturated rings. The van der Waals surface area contributed by atoms with Crippen LogP contribution in [0.1, 0.15) is 36.5 Å². The van der Waals surface area contributed by atoms with E-state index in [0.29, 0.717) is 0 Å². The first-order valence-electron chi connectivity index (χ1n) is 8.09. The van der Waals surface area contributed by atoms with Crippen LogP contribution in [0.15, 0.2) is 77.9 Å². The molecule has 23 heavy (non-hydrogen) atoms. The van der Waals surface area contributed by atoms with Gasteiger partial charge in [0, 0.05) is 5.57 Å². The van der Waals surface area contributed by atoms with Gasteiger partial charge in [-0.3, -0.25) is 0 Å². The molecule has 0 amide bonds. The first kappa shape index (κ1) is 14.0. The van der Waals surface area contributed by atoms with Crippen molar-refractivity contribution in [3.8, 4) is 0 Å². The van der Waals surface area contributed by atoms with Gasteiger partial charge in [0.25, 0.3) is 0 Å². The Morgan fingerprint density at radius 2 is 1.61 bits per heavy atom. The van der Waals surface area contributed by atoms with E-state index in [0.717, 1.165) is 41.5 Å². The summed E-state index contributed by atoms with van der Waals surface area (Å²) in [6.07, 6.45) is 5.22. The van der Waals surface area contributed by atoms with Gasteiger partial charge in [-0.15, -0.1) is 0 Å². The maximum absolute atomic E-state index is 12.6. The Morgan fingerprint density at radius 3 is 2.26 bits per heavy atom. The summed E-state index contributed by atoms with van der Waals surface area (Å²) >= 11 is 0. The van der Waals surface area contributed by atoms with E-state index in [2.05, 4.69) is 6.08 Å². The van der Waals surface area contributed by atoms with Gasteiger partial charge in [0.2, 0.25) is 0 Å². The lowest BCUT2D eigenvalue weighted by atomic mass is 9.89. The molecule has 2 aromatic rings. The molecule has 1 heterocycles. The van der Waals surface area contributed by atoms with Crippen molar-refractivity contribution in [1.29, 1.82) is 0 Å². The maximum Gasteiger partial charge on any atom is 0.340 e. The zero-order valence-electron chi connectivity index (χ0n) is 12.9. The van der Waals surface area contributed by atoms with Gasteiger partial charge in [0.05, 0.1) is 5.57 Å². The number of carbonyl (C=O) groups excluding carboxylic acids is 1. The molecule has 114 valence electrons. The topological polar surface area (TPSA) is 26.3 Å². The number of carbonyl (C=O) groups is 1. The van der Waals surface area contributed by atoms with Gasteiger partial charge >= 0.3 is 5.97 Å². The Kier molecular flexibility index (Phi) is 3.58. The molecular formula is C21H18O2. The van der Waals surface area contributed by atoms with E-state index < -0.39 is 0 Å². The van der Waals surface area contributed by atoms with Crippen molar-refractivity contribution in [3.63, 3.8) is 0 Å². The Bertz CT molecular complexity index is 785. The van der Waals surface area contributed by atoms with E-state index in [1.54, 1.807) is 0 Å². The first-order chi connectivity index (χ1) is 11.3. The largest absolute Gasteiger partial charge is 0.449 e. The molecule has 2 aliphatic rings. The van der Waals surface area contributed by atoms with E-state index in [1.165, 1.54) is 5.57 Å². The zero-order chi connectivity index (χ0) is 15.6. The van der Waals surface area contributed by atoms with Crippen molar-refractivity contribution in [2.45, 2.75) is 25.4 Å². The minimum absolute atomic E-state index is 0.215. The van der Waals surface area contributed by atoms with Gasteiger partial charge in [-0.1, -0.05) is 66.7 Å². The van der Waals surface area contributed by atoms with Crippen LogP contribution in [0.5, 0.6) is 0 Å². The summed E-state index contributed by atoms with van der Waals surface area (Å²) in [5.41, 5.74) is 5.04. The zero-order valence-corrected chi connectivity index (χ0v) is 12.9. The molecule has 1 aliphatic carbocycles. The quantitative estimate of drug-likeness (QED) is 0.758. The second-order valence-electron chi connectivity index (χ2n) is 5.97. The smallest absolute Gasteiger partial charge is 0.340 e. The summed E-state index contributed by atoms with van der Waals surface area (Å²) in [6, 6.07) is 19.9. The summed E-state index contributed by atoms with van der Waals surface area (Å²) < 4.78 is 5.79. The first-order valence-corrected chi connectivity index (χ1v) is 8.09. The second kappa shape index (κ2) is 5.88. The lowest BCUT2D eigenvalue weighted by molar-refractivity contribution is -0.138. The van der Waals surface area contributed by atoms with Gasteiger partial charge < -0.3 is 4.74 Å². The number of ether oxygens (including phenoxy) is 1.